The zero-order valence-corrected chi connectivity index (χ0v) is 20.5. The van der Waals surface area contributed by atoms with Crippen LogP contribution in [0.5, 0.6) is 5.75 Å². The number of fused-ring (bicyclic) bond motifs is 1. The third kappa shape index (κ3) is 4.78. The minimum Gasteiger partial charge on any atom is -0.435 e. The lowest BCUT2D eigenvalue weighted by atomic mass is 9.93. The number of imidazole rings is 1. The van der Waals surface area contributed by atoms with E-state index in [0.717, 1.165) is 24.3 Å². The number of rotatable bonds is 6. The Labute approximate surface area is 205 Å². The number of alkyl halides is 2. The van der Waals surface area contributed by atoms with Crippen LogP contribution in [-0.2, 0) is 0 Å². The van der Waals surface area contributed by atoms with Crippen molar-refractivity contribution in [2.75, 3.05) is 11.5 Å². The van der Waals surface area contributed by atoms with Crippen LogP contribution in [0.25, 0.3) is 16.7 Å². The maximum Gasteiger partial charge on any atom is 0.387 e. The van der Waals surface area contributed by atoms with E-state index >= 15 is 0 Å². The Morgan fingerprint density at radius 3 is 2.57 bits per heavy atom. The third-order valence-corrected chi connectivity index (χ3v) is 7.21. The standard InChI is InChI=1S/C25H26F2N4O3S/c1-15(2)30-21-19(14-28)18(22(32)29-25(3)9-11-35-12-10-25)7-8-20(21)31(24(30)33)16-5-4-6-17(13-16)34-23(26)27/h4-8,13,15,23H,9-12H2,1-3H3,(H,29,32). The highest BCUT2D eigenvalue weighted by Crippen LogP contribution is 2.30. The van der Waals surface area contributed by atoms with Crippen molar-refractivity contribution in [3.8, 4) is 17.5 Å². The normalized spacial score (nSPS) is 15.4. The quantitative estimate of drug-likeness (QED) is 0.522. The lowest BCUT2D eigenvalue weighted by molar-refractivity contribution is -0.0498. The van der Waals surface area contributed by atoms with Crippen molar-refractivity contribution in [3.05, 3.63) is 58.0 Å². The number of carbonyl (C=O) groups excluding carboxylic acids is 1. The summed E-state index contributed by atoms with van der Waals surface area (Å²) < 4.78 is 32.8. The molecule has 1 fully saturated rings. The first-order chi connectivity index (χ1) is 16.6. The van der Waals surface area contributed by atoms with E-state index in [9.17, 15) is 23.6 Å². The summed E-state index contributed by atoms with van der Waals surface area (Å²) in [6.45, 7) is 2.60. The predicted octanol–water partition coefficient (Wildman–Crippen LogP) is 4.86. The highest BCUT2D eigenvalue weighted by atomic mass is 32.2. The summed E-state index contributed by atoms with van der Waals surface area (Å²) in [5, 5.41) is 13.2. The van der Waals surface area contributed by atoms with Crippen LogP contribution < -0.4 is 15.7 Å². The van der Waals surface area contributed by atoms with Crippen LogP contribution >= 0.6 is 11.8 Å². The van der Waals surface area contributed by atoms with Gasteiger partial charge in [0.1, 0.15) is 11.8 Å². The zero-order valence-electron chi connectivity index (χ0n) is 19.7. The molecule has 1 amide bonds. The first-order valence-corrected chi connectivity index (χ1v) is 12.5. The summed E-state index contributed by atoms with van der Waals surface area (Å²) in [7, 11) is 0. The predicted molar refractivity (Wildman–Crippen MR) is 132 cm³/mol. The van der Waals surface area contributed by atoms with Gasteiger partial charge in [-0.05, 0) is 69.4 Å². The minimum atomic E-state index is -3.00. The molecular weight excluding hydrogens is 474 g/mol. The molecule has 0 unspecified atom stereocenters. The summed E-state index contributed by atoms with van der Waals surface area (Å²) in [6, 6.07) is 10.8. The number of halogens is 2. The molecule has 4 rings (SSSR count). The fraction of sp³-hybridized carbons (Fsp3) is 0.400. The van der Waals surface area contributed by atoms with Gasteiger partial charge in [0.25, 0.3) is 5.91 Å². The van der Waals surface area contributed by atoms with Crippen LogP contribution in [0.3, 0.4) is 0 Å². The number of nitrogens with one attached hydrogen (secondary N) is 1. The number of ether oxygens (including phenoxy) is 1. The molecule has 10 heteroatoms. The molecule has 1 saturated heterocycles. The van der Waals surface area contributed by atoms with Crippen LogP contribution in [-0.4, -0.2) is 38.7 Å². The largest absolute Gasteiger partial charge is 0.435 e. The van der Waals surface area contributed by atoms with Crippen molar-refractivity contribution in [2.45, 2.75) is 51.8 Å². The molecule has 35 heavy (non-hydrogen) atoms. The number of aromatic nitrogens is 2. The number of amides is 1. The van der Waals surface area contributed by atoms with E-state index in [-0.39, 0.29) is 34.4 Å². The molecule has 0 saturated carbocycles. The van der Waals surface area contributed by atoms with Gasteiger partial charge < -0.3 is 10.1 Å². The number of nitrogens with zero attached hydrogens (tertiary/aromatic N) is 3. The highest BCUT2D eigenvalue weighted by molar-refractivity contribution is 7.99. The van der Waals surface area contributed by atoms with Gasteiger partial charge in [0, 0.05) is 17.6 Å². The number of hydrogen-bond acceptors (Lipinski definition) is 5. The maximum atomic E-state index is 13.5. The molecule has 3 aromatic rings. The fourth-order valence-electron chi connectivity index (χ4n) is 4.43. The van der Waals surface area contributed by atoms with Gasteiger partial charge in [0.15, 0.2) is 0 Å². The van der Waals surface area contributed by atoms with Crippen molar-refractivity contribution in [1.29, 1.82) is 5.26 Å². The molecule has 1 aromatic heterocycles. The minimum absolute atomic E-state index is 0.0924. The van der Waals surface area contributed by atoms with Gasteiger partial charge in [-0.25, -0.2) is 4.79 Å². The first kappa shape index (κ1) is 24.8. The van der Waals surface area contributed by atoms with Gasteiger partial charge in [-0.15, -0.1) is 0 Å². The Kier molecular flexibility index (Phi) is 6.90. The van der Waals surface area contributed by atoms with Crippen molar-refractivity contribution in [3.63, 3.8) is 0 Å². The lowest BCUT2D eigenvalue weighted by Gasteiger charge is -2.34. The molecule has 1 aliphatic rings. The molecule has 1 aliphatic heterocycles. The smallest absolute Gasteiger partial charge is 0.387 e. The van der Waals surface area contributed by atoms with E-state index in [1.807, 2.05) is 18.7 Å². The lowest BCUT2D eigenvalue weighted by Crippen LogP contribution is -2.48. The average Bonchev–Trinajstić information content (AvgIpc) is 3.10. The van der Waals surface area contributed by atoms with E-state index in [1.165, 1.54) is 33.4 Å². The summed E-state index contributed by atoms with van der Waals surface area (Å²) in [6.07, 6.45) is 1.66. The topological polar surface area (TPSA) is 89.0 Å². The van der Waals surface area contributed by atoms with Gasteiger partial charge in [-0.1, -0.05) is 6.07 Å². The van der Waals surface area contributed by atoms with E-state index in [2.05, 4.69) is 16.1 Å². The summed E-state index contributed by atoms with van der Waals surface area (Å²) >= 11 is 1.85. The molecular formula is C25H26F2N4O3S. The van der Waals surface area contributed by atoms with Gasteiger partial charge >= 0.3 is 12.3 Å². The Morgan fingerprint density at radius 1 is 1.23 bits per heavy atom. The Bertz CT molecular complexity index is 1370. The fourth-order valence-corrected chi connectivity index (χ4v) is 5.82. The summed E-state index contributed by atoms with van der Waals surface area (Å²) in [4.78, 5) is 26.8. The summed E-state index contributed by atoms with van der Waals surface area (Å²) in [5.74, 6) is 1.45. The second-order valence-electron chi connectivity index (χ2n) is 9.05. The van der Waals surface area contributed by atoms with E-state index in [4.69, 9.17) is 0 Å². The molecule has 1 N–H and O–H groups in total. The van der Waals surface area contributed by atoms with Crippen LogP contribution in [0.1, 0.15) is 55.6 Å². The van der Waals surface area contributed by atoms with Crippen molar-refractivity contribution >= 4 is 28.7 Å². The monoisotopic (exact) mass is 500 g/mol. The number of hydrogen-bond donors (Lipinski definition) is 1. The number of thioether (sulfide) groups is 1. The number of nitriles is 1. The van der Waals surface area contributed by atoms with Gasteiger partial charge in [-0.2, -0.15) is 25.8 Å². The average molecular weight is 501 g/mol. The van der Waals surface area contributed by atoms with Gasteiger partial charge in [0.05, 0.1) is 27.8 Å². The Morgan fingerprint density at radius 2 is 1.94 bits per heavy atom. The van der Waals surface area contributed by atoms with Crippen molar-refractivity contribution < 1.29 is 18.3 Å². The zero-order chi connectivity index (χ0) is 25.3. The Hall–Kier alpha value is -3.32. The molecule has 0 bridgehead atoms. The second-order valence-corrected chi connectivity index (χ2v) is 10.3. The molecule has 184 valence electrons. The molecule has 0 radical (unpaired) electrons. The van der Waals surface area contributed by atoms with Gasteiger partial charge in [0.2, 0.25) is 0 Å². The van der Waals surface area contributed by atoms with Crippen LogP contribution in [0, 0.1) is 11.3 Å². The van der Waals surface area contributed by atoms with Gasteiger partial charge in [-0.3, -0.25) is 13.9 Å². The second kappa shape index (κ2) is 9.74. The molecule has 0 spiro atoms. The molecule has 7 nitrogen and oxygen atoms in total. The van der Waals surface area contributed by atoms with Crippen molar-refractivity contribution in [1.82, 2.24) is 14.5 Å². The molecule has 2 aromatic carbocycles. The number of carbonyl (C=O) groups is 1. The van der Waals surface area contributed by atoms with E-state index < -0.39 is 12.3 Å². The van der Waals surface area contributed by atoms with Crippen LogP contribution in [0.15, 0.2) is 41.2 Å². The maximum absolute atomic E-state index is 13.5. The summed E-state index contributed by atoms with van der Waals surface area (Å²) in [5.41, 5.74) is 0.508. The van der Waals surface area contributed by atoms with Crippen molar-refractivity contribution in [2.24, 2.45) is 0 Å². The van der Waals surface area contributed by atoms with E-state index in [0.29, 0.717) is 16.7 Å². The van der Waals surface area contributed by atoms with Crippen LogP contribution in [0.4, 0.5) is 8.78 Å². The SMILES string of the molecule is CC(C)n1c(=O)n(-c2cccc(OC(F)F)c2)c2ccc(C(=O)NC3(C)CCSCC3)c(C#N)c21. The van der Waals surface area contributed by atoms with E-state index in [1.54, 1.807) is 26.0 Å². The molecule has 0 aliphatic carbocycles. The van der Waals surface area contributed by atoms with Crippen LogP contribution in [0.2, 0.25) is 0 Å². The molecule has 2 heterocycles. The number of benzene rings is 2. The highest BCUT2D eigenvalue weighted by Gasteiger charge is 2.31. The Balaban J connectivity index is 1.88. The third-order valence-electron chi connectivity index (χ3n) is 6.22. The molecule has 0 atom stereocenters. The first-order valence-electron chi connectivity index (χ1n) is 11.3.